The van der Waals surface area contributed by atoms with Crippen LogP contribution in [-0.4, -0.2) is 44.0 Å². The van der Waals surface area contributed by atoms with Gasteiger partial charge < -0.3 is 5.32 Å². The molecular formula is C23H27F3N2O3S. The molecule has 2 aromatic rings. The number of carbonyl (C=O) groups is 1. The lowest BCUT2D eigenvalue weighted by Crippen LogP contribution is -2.50. The summed E-state index contributed by atoms with van der Waals surface area (Å²) in [5.41, 5.74) is -1.04. The Labute approximate surface area is 186 Å². The van der Waals surface area contributed by atoms with Gasteiger partial charge in [0.1, 0.15) is 0 Å². The summed E-state index contributed by atoms with van der Waals surface area (Å²) in [7, 11) is -3.34. The maximum absolute atomic E-state index is 13.3. The van der Waals surface area contributed by atoms with E-state index in [0.29, 0.717) is 32.4 Å². The molecule has 1 N–H and O–H groups in total. The van der Waals surface area contributed by atoms with Crippen LogP contribution in [0.1, 0.15) is 47.7 Å². The number of alkyl halides is 3. The van der Waals surface area contributed by atoms with Crippen LogP contribution in [0, 0.1) is 0 Å². The molecule has 0 saturated carbocycles. The van der Waals surface area contributed by atoms with E-state index in [4.69, 9.17) is 0 Å². The zero-order valence-electron chi connectivity index (χ0n) is 17.9. The molecule has 1 saturated heterocycles. The van der Waals surface area contributed by atoms with Gasteiger partial charge in [0.05, 0.1) is 16.9 Å². The van der Waals surface area contributed by atoms with Crippen LogP contribution in [0.4, 0.5) is 13.2 Å². The van der Waals surface area contributed by atoms with Gasteiger partial charge in [0.25, 0.3) is 5.91 Å². The summed E-state index contributed by atoms with van der Waals surface area (Å²) in [6, 6.07) is 14.1. The number of nitrogens with one attached hydrogen (secondary N) is 1. The number of halogens is 3. The first-order chi connectivity index (χ1) is 15.1. The highest BCUT2D eigenvalue weighted by Gasteiger charge is 2.40. The van der Waals surface area contributed by atoms with E-state index in [0.717, 1.165) is 17.7 Å². The molecule has 0 bridgehead atoms. The minimum Gasteiger partial charge on any atom is -0.351 e. The van der Waals surface area contributed by atoms with Crippen molar-refractivity contribution in [2.24, 2.45) is 0 Å². The summed E-state index contributed by atoms with van der Waals surface area (Å²) >= 11 is 0. The van der Waals surface area contributed by atoms with Crippen LogP contribution in [0.25, 0.3) is 0 Å². The Morgan fingerprint density at radius 3 is 2.22 bits per heavy atom. The highest BCUT2D eigenvalue weighted by molar-refractivity contribution is 7.89. The monoisotopic (exact) mass is 468 g/mol. The molecule has 32 heavy (non-hydrogen) atoms. The summed E-state index contributed by atoms with van der Waals surface area (Å²) in [6.45, 7) is 2.52. The highest BCUT2D eigenvalue weighted by Crippen LogP contribution is 2.36. The summed E-state index contributed by atoms with van der Waals surface area (Å²) in [5, 5.41) is 2.69. The van der Waals surface area contributed by atoms with Gasteiger partial charge in [-0.15, -0.1) is 0 Å². The Morgan fingerprint density at radius 1 is 1.03 bits per heavy atom. The molecule has 9 heteroatoms. The van der Waals surface area contributed by atoms with Gasteiger partial charge in [0, 0.05) is 25.0 Å². The second kappa shape index (κ2) is 9.62. The Balaban J connectivity index is 1.82. The normalized spacial score (nSPS) is 17.1. The SMILES string of the molecule is CCCS(=O)(=O)N1CCC(CNC(=O)c2ccccc2C(F)(F)F)(c2ccccc2)CC1. The average molecular weight is 469 g/mol. The summed E-state index contributed by atoms with van der Waals surface area (Å²) in [4.78, 5) is 12.7. The lowest BCUT2D eigenvalue weighted by atomic mass is 9.73. The molecule has 3 rings (SSSR count). The van der Waals surface area contributed by atoms with Crippen molar-refractivity contribution in [3.05, 3.63) is 71.3 Å². The quantitative estimate of drug-likeness (QED) is 0.662. The molecule has 0 aromatic heterocycles. The molecular weight excluding hydrogens is 441 g/mol. The smallest absolute Gasteiger partial charge is 0.351 e. The molecule has 174 valence electrons. The van der Waals surface area contributed by atoms with E-state index in [1.807, 2.05) is 37.3 Å². The van der Waals surface area contributed by atoms with Crippen molar-refractivity contribution in [2.75, 3.05) is 25.4 Å². The van der Waals surface area contributed by atoms with Crippen LogP contribution in [0.2, 0.25) is 0 Å². The van der Waals surface area contributed by atoms with Crippen LogP contribution in [-0.2, 0) is 21.6 Å². The van der Waals surface area contributed by atoms with Gasteiger partial charge in [-0.05, 0) is 37.0 Å². The van der Waals surface area contributed by atoms with Crippen LogP contribution >= 0.6 is 0 Å². The predicted octanol–water partition coefficient (Wildman–Crippen LogP) is 4.21. The topological polar surface area (TPSA) is 66.5 Å². The lowest BCUT2D eigenvalue weighted by molar-refractivity contribution is -0.137. The van der Waals surface area contributed by atoms with Gasteiger partial charge in [0.2, 0.25) is 10.0 Å². The summed E-state index contributed by atoms with van der Waals surface area (Å²) < 4.78 is 66.4. The zero-order valence-corrected chi connectivity index (χ0v) is 18.7. The fourth-order valence-corrected chi connectivity index (χ4v) is 5.72. The molecule has 5 nitrogen and oxygen atoms in total. The fourth-order valence-electron chi connectivity index (χ4n) is 4.21. The summed E-state index contributed by atoms with van der Waals surface area (Å²) in [5.74, 6) is -0.717. The van der Waals surface area contributed by atoms with E-state index >= 15 is 0 Å². The number of rotatable bonds is 7. The lowest BCUT2D eigenvalue weighted by Gasteiger charge is -2.42. The van der Waals surface area contributed by atoms with Crippen molar-refractivity contribution in [1.29, 1.82) is 0 Å². The minimum absolute atomic E-state index is 0.0797. The van der Waals surface area contributed by atoms with Crippen molar-refractivity contribution in [3.8, 4) is 0 Å². The highest BCUT2D eigenvalue weighted by atomic mass is 32.2. The van der Waals surface area contributed by atoms with Crippen molar-refractivity contribution in [3.63, 3.8) is 0 Å². The third-order valence-corrected chi connectivity index (χ3v) is 8.06. The maximum atomic E-state index is 13.3. The molecule has 0 radical (unpaired) electrons. The molecule has 1 aliphatic heterocycles. The van der Waals surface area contributed by atoms with E-state index in [9.17, 15) is 26.4 Å². The van der Waals surface area contributed by atoms with Gasteiger partial charge in [-0.1, -0.05) is 49.4 Å². The molecule has 2 aromatic carbocycles. The number of benzene rings is 2. The van der Waals surface area contributed by atoms with Crippen molar-refractivity contribution in [1.82, 2.24) is 9.62 Å². The maximum Gasteiger partial charge on any atom is 0.417 e. The van der Waals surface area contributed by atoms with E-state index in [-0.39, 0.29) is 12.3 Å². The van der Waals surface area contributed by atoms with E-state index in [2.05, 4.69) is 5.32 Å². The first-order valence-corrected chi connectivity index (χ1v) is 12.2. The van der Waals surface area contributed by atoms with Gasteiger partial charge >= 0.3 is 6.18 Å². The first-order valence-electron chi connectivity index (χ1n) is 10.6. The molecule has 0 aliphatic carbocycles. The van der Waals surface area contributed by atoms with Gasteiger partial charge in [0.15, 0.2) is 0 Å². The average Bonchev–Trinajstić information content (AvgIpc) is 2.78. The molecule has 1 heterocycles. The molecule has 0 atom stereocenters. The third-order valence-electron chi connectivity index (χ3n) is 5.99. The van der Waals surface area contributed by atoms with Crippen LogP contribution in [0.3, 0.4) is 0 Å². The second-order valence-electron chi connectivity index (χ2n) is 8.09. The largest absolute Gasteiger partial charge is 0.417 e. The molecule has 1 fully saturated rings. The van der Waals surface area contributed by atoms with Crippen LogP contribution in [0.15, 0.2) is 54.6 Å². The number of piperidine rings is 1. The van der Waals surface area contributed by atoms with Gasteiger partial charge in [-0.3, -0.25) is 4.79 Å². The van der Waals surface area contributed by atoms with Crippen molar-refractivity contribution in [2.45, 2.75) is 37.8 Å². The zero-order chi connectivity index (χ0) is 23.4. The standard InChI is InChI=1S/C23H27F3N2O3S/c1-2-16-32(30,31)28-14-12-22(13-15-28,18-8-4-3-5-9-18)17-27-21(29)19-10-6-7-11-20(19)23(24,25)26/h3-11H,2,12-17H2,1H3,(H,27,29). The first kappa shape index (κ1) is 24.3. The number of hydrogen-bond donors (Lipinski definition) is 1. The van der Waals surface area contributed by atoms with Crippen LogP contribution < -0.4 is 5.32 Å². The number of nitrogens with zero attached hydrogens (tertiary/aromatic N) is 1. The molecule has 0 unspecified atom stereocenters. The number of sulfonamides is 1. The van der Waals surface area contributed by atoms with Crippen molar-refractivity contribution < 1.29 is 26.4 Å². The minimum atomic E-state index is -4.63. The van der Waals surface area contributed by atoms with Crippen LogP contribution in [0.5, 0.6) is 0 Å². The number of carbonyl (C=O) groups excluding carboxylic acids is 1. The fraction of sp³-hybridized carbons (Fsp3) is 0.435. The van der Waals surface area contributed by atoms with Gasteiger partial charge in [-0.2, -0.15) is 13.2 Å². The Morgan fingerprint density at radius 2 is 1.62 bits per heavy atom. The predicted molar refractivity (Wildman–Crippen MR) is 117 cm³/mol. The molecule has 1 aliphatic rings. The van der Waals surface area contributed by atoms with E-state index in [1.165, 1.54) is 16.4 Å². The Bertz CT molecular complexity index is 1030. The second-order valence-corrected chi connectivity index (χ2v) is 10.2. The van der Waals surface area contributed by atoms with E-state index in [1.54, 1.807) is 0 Å². The Hall–Kier alpha value is -2.39. The summed E-state index contributed by atoms with van der Waals surface area (Å²) in [6.07, 6.45) is -3.19. The van der Waals surface area contributed by atoms with E-state index < -0.39 is 38.6 Å². The van der Waals surface area contributed by atoms with Crippen molar-refractivity contribution >= 4 is 15.9 Å². The number of hydrogen-bond acceptors (Lipinski definition) is 3. The third kappa shape index (κ3) is 5.32. The molecule has 0 spiro atoms. The number of amides is 1. The Kier molecular flexibility index (Phi) is 7.29. The molecule has 1 amide bonds. The van der Waals surface area contributed by atoms with Gasteiger partial charge in [-0.25, -0.2) is 12.7 Å².